The van der Waals surface area contributed by atoms with Crippen LogP contribution in [-0.4, -0.2) is 66.8 Å². The minimum absolute atomic E-state index is 0. The zero-order valence-corrected chi connectivity index (χ0v) is 23.6. The number of carbonyl (C=O) groups is 1. The van der Waals surface area contributed by atoms with E-state index in [-0.39, 0.29) is 55.2 Å². The molecule has 8 N–H and O–H groups in total. The molecule has 1 aromatic carbocycles. The Balaban J connectivity index is -0.000000238. The van der Waals surface area contributed by atoms with Gasteiger partial charge >= 0.3 is 14.3 Å². The molecule has 0 spiro atoms. The van der Waals surface area contributed by atoms with Gasteiger partial charge in [0.2, 0.25) is 0 Å². The number of aldehydes is 1. The number of terminal acetylenes is 1. The number of benzene rings is 1. The quantitative estimate of drug-likeness (QED) is 0.0972. The topological polar surface area (TPSA) is 205 Å². The number of aliphatic hydroxyl groups excluding tert-OH is 6. The Bertz CT molecular complexity index is 1130. The first kappa shape index (κ1) is 38.6. The Morgan fingerprint density at radius 2 is 1.19 bits per heavy atom. The zero-order valence-electron chi connectivity index (χ0n) is 24.6. The number of furan rings is 2. The molecule has 2 aromatic heterocycles. The van der Waals surface area contributed by atoms with E-state index in [1.807, 2.05) is 36.4 Å². The third-order valence-corrected chi connectivity index (χ3v) is 6.20. The molecule has 2 atom stereocenters. The molecule has 11 nitrogen and oxygen atoms in total. The summed E-state index contributed by atoms with van der Waals surface area (Å²) in [5, 5.41) is 52.1. The Morgan fingerprint density at radius 3 is 1.45 bits per heavy atom. The van der Waals surface area contributed by atoms with Crippen molar-refractivity contribution in [2.45, 2.75) is 63.8 Å². The van der Waals surface area contributed by atoms with Crippen LogP contribution in [0.5, 0.6) is 0 Å². The third kappa shape index (κ3) is 11.9. The van der Waals surface area contributed by atoms with Gasteiger partial charge in [0.05, 0.1) is 19.8 Å². The van der Waals surface area contributed by atoms with E-state index in [2.05, 4.69) is 13.3 Å². The molecule has 0 aliphatic carbocycles. The number of hydrogen-bond donors (Lipinski definition) is 6. The van der Waals surface area contributed by atoms with Crippen LogP contribution < -0.4 is 0 Å². The third-order valence-electron chi connectivity index (χ3n) is 6.20. The fraction of sp³-hybridized carbons (Fsp3) is 0.387. The number of aryl methyl sites for hydroxylation is 1. The van der Waals surface area contributed by atoms with Gasteiger partial charge in [0.25, 0.3) is 0 Å². The van der Waals surface area contributed by atoms with E-state index in [4.69, 9.17) is 50.6 Å². The van der Waals surface area contributed by atoms with Gasteiger partial charge in [0.15, 0.2) is 12.0 Å². The van der Waals surface area contributed by atoms with Crippen molar-refractivity contribution in [3.63, 3.8) is 0 Å². The molecular formula is C31H46O11+2. The van der Waals surface area contributed by atoms with E-state index in [0.717, 1.165) is 24.8 Å². The van der Waals surface area contributed by atoms with Crippen molar-refractivity contribution in [1.82, 2.24) is 0 Å². The number of ether oxygens (including phenoxy) is 1. The molecule has 2 unspecified atom stereocenters. The summed E-state index contributed by atoms with van der Waals surface area (Å²) < 4.78 is 15.2. The van der Waals surface area contributed by atoms with Crippen LogP contribution in [-0.2, 0) is 37.6 Å². The molecular weight excluding hydrogens is 548 g/mol. The molecule has 2 bridgehead atoms. The van der Waals surface area contributed by atoms with Crippen molar-refractivity contribution in [3.05, 3.63) is 101 Å². The first-order chi connectivity index (χ1) is 19.8. The van der Waals surface area contributed by atoms with Crippen LogP contribution in [0.25, 0.3) is 0 Å². The maximum atomic E-state index is 9.96. The normalized spacial score (nSPS) is 19.0. The summed E-state index contributed by atoms with van der Waals surface area (Å²) in [6.45, 7) is 1.92. The number of fused-ring (bicyclic) bond motifs is 2. The Morgan fingerprint density at radius 1 is 0.762 bits per heavy atom. The Hall–Kier alpha value is -3.35. The van der Waals surface area contributed by atoms with Gasteiger partial charge in [0, 0.05) is 2.85 Å². The molecule has 2 aliphatic heterocycles. The smallest absolute Gasteiger partial charge is 0 e. The van der Waals surface area contributed by atoms with E-state index in [1.165, 1.54) is 11.6 Å². The first-order valence-electron chi connectivity index (χ1n) is 12.9. The second-order valence-corrected chi connectivity index (χ2v) is 8.97. The summed E-state index contributed by atoms with van der Waals surface area (Å²) in [4.78, 5) is 9.96. The molecule has 4 heterocycles. The fourth-order valence-corrected chi connectivity index (χ4v) is 3.81. The summed E-state index contributed by atoms with van der Waals surface area (Å²) in [5.74, 6) is 1.63. The average Bonchev–Trinajstić information content (AvgIpc) is 3.86. The van der Waals surface area contributed by atoms with Crippen molar-refractivity contribution in [3.8, 4) is 6.42 Å². The van der Waals surface area contributed by atoms with Crippen molar-refractivity contribution in [1.29, 1.82) is 0 Å². The van der Waals surface area contributed by atoms with Gasteiger partial charge in [-0.15, -0.1) is 0 Å². The SMILES string of the molecule is CCc1ccc(CO)cc1.O.O=Cc1ccc(CO)o1.OCC12C=CC(CO)(CC1)O2.OCc1ccc(CO)o1.[C+]#C.[H+].[HH].[HH]. The molecule has 0 radical (unpaired) electrons. The molecule has 0 amide bonds. The number of rotatable bonds is 8. The largest absolute Gasteiger partial charge is 1.00 e. The van der Waals surface area contributed by atoms with E-state index < -0.39 is 11.2 Å². The van der Waals surface area contributed by atoms with E-state index >= 15 is 0 Å². The fourth-order valence-electron chi connectivity index (χ4n) is 3.81. The maximum Gasteiger partial charge on any atom is 1.00 e. The molecule has 5 rings (SSSR count). The maximum absolute atomic E-state index is 9.96. The molecule has 42 heavy (non-hydrogen) atoms. The van der Waals surface area contributed by atoms with Gasteiger partial charge in [-0.1, -0.05) is 43.3 Å². The van der Waals surface area contributed by atoms with Crippen molar-refractivity contribution in [2.24, 2.45) is 0 Å². The Labute approximate surface area is 250 Å². The van der Waals surface area contributed by atoms with Crippen LogP contribution in [0, 0.1) is 12.8 Å². The monoisotopic (exact) mass is 594 g/mol. The van der Waals surface area contributed by atoms with Crippen molar-refractivity contribution in [2.75, 3.05) is 13.2 Å². The minimum atomic E-state index is -0.470. The number of aliphatic hydroxyl groups is 6. The van der Waals surface area contributed by atoms with Crippen molar-refractivity contribution < 1.29 is 58.8 Å². The summed E-state index contributed by atoms with van der Waals surface area (Å²) in [6, 6.07) is 14.3. The number of carbonyl (C=O) groups excluding carboxylic acids is 1. The molecule has 11 heteroatoms. The van der Waals surface area contributed by atoms with Gasteiger partial charge in [-0.05, 0) is 54.7 Å². The van der Waals surface area contributed by atoms with Crippen LogP contribution in [0.3, 0.4) is 0 Å². The van der Waals surface area contributed by atoms with Crippen molar-refractivity contribution >= 4 is 6.29 Å². The minimum Gasteiger partial charge on any atom is 0 e. The predicted octanol–water partition coefficient (Wildman–Crippen LogP) is 2.40. The molecule has 3 aromatic rings. The van der Waals surface area contributed by atoms with Gasteiger partial charge < -0.3 is 49.7 Å². The standard InChI is InChI=1S/C9H12O.C8H12O3.C6H8O3.C6H6O3.C2H.H2O.2H2/c1-2-8-3-5-9(7-10)6-4-8;9-5-7-1-2-8(6-10,11-7)4-3-7;2*7-3-5-1-2-6(4-8)9-5;1-2;;;/h3-6,10H,2,7H2,1H3;1-2,9-10H,3-6H2;1-2,7-8H,3-4H2;1-3,8H,4H2;1H;1H2;2*1H/q;;;;+1;;;/p+1. The molecule has 2 aliphatic rings. The second kappa shape index (κ2) is 20.5. The summed E-state index contributed by atoms with van der Waals surface area (Å²) >= 11 is 0. The molecule has 234 valence electrons. The van der Waals surface area contributed by atoms with E-state index in [1.54, 1.807) is 18.2 Å². The zero-order chi connectivity index (χ0) is 30.7. The average molecular weight is 595 g/mol. The van der Waals surface area contributed by atoms with Crippen LogP contribution >= 0.6 is 0 Å². The molecule has 0 saturated carbocycles. The first-order valence-corrected chi connectivity index (χ1v) is 12.9. The van der Waals surface area contributed by atoms with Gasteiger partial charge in [-0.25, -0.2) is 0 Å². The predicted molar refractivity (Wildman–Crippen MR) is 159 cm³/mol. The summed E-state index contributed by atoms with van der Waals surface area (Å²) in [6.07, 6.45) is 16.0. The van der Waals surface area contributed by atoms with E-state index in [9.17, 15) is 4.79 Å². The van der Waals surface area contributed by atoms with Crippen LogP contribution in [0.4, 0.5) is 0 Å². The summed E-state index contributed by atoms with van der Waals surface area (Å²) in [5.41, 5.74) is 1.36. The van der Waals surface area contributed by atoms with Gasteiger partial charge in [-0.3, -0.25) is 4.79 Å². The molecule has 1 fully saturated rings. The summed E-state index contributed by atoms with van der Waals surface area (Å²) in [7, 11) is 0. The van der Waals surface area contributed by atoms with Crippen LogP contribution in [0.2, 0.25) is 0 Å². The second-order valence-electron chi connectivity index (χ2n) is 8.97. The molecule has 1 saturated heterocycles. The Kier molecular flexibility index (Phi) is 18.9. The number of hydrogen-bond acceptors (Lipinski definition) is 10. The van der Waals surface area contributed by atoms with E-state index in [0.29, 0.717) is 23.6 Å². The van der Waals surface area contributed by atoms with Gasteiger partial charge in [-0.2, -0.15) is 0 Å². The van der Waals surface area contributed by atoms with Gasteiger partial charge in [0.1, 0.15) is 48.3 Å². The van der Waals surface area contributed by atoms with Crippen LogP contribution in [0.1, 0.15) is 63.0 Å². The van der Waals surface area contributed by atoms with Crippen LogP contribution in [0.15, 0.2) is 69.5 Å².